The Labute approximate surface area is 120 Å². The highest BCUT2D eigenvalue weighted by Gasteiger charge is 2.35. The number of hydrogen-bond donors (Lipinski definition) is 4. The summed E-state index contributed by atoms with van der Waals surface area (Å²) in [4.78, 5) is 20.4. The summed E-state index contributed by atoms with van der Waals surface area (Å²) in [6, 6.07) is 5.36. The molecule has 0 aliphatic carbocycles. The van der Waals surface area contributed by atoms with E-state index in [1.807, 2.05) is 0 Å². The normalized spacial score (nSPS) is 23.8. The number of carboxylic acids is 1. The molecule has 0 radical (unpaired) electrons. The first kappa shape index (κ1) is 13.9. The molecular formula is C12H15N3O6. The van der Waals surface area contributed by atoms with Crippen molar-refractivity contribution in [2.45, 2.75) is 18.9 Å². The second kappa shape index (κ2) is 6.14. The molecule has 0 saturated carbocycles. The molecule has 1 fully saturated rings. The molecule has 3 rings (SSSR count). The Hall–Kier alpha value is -2.07. The number of nitrogens with one attached hydrogen (secondary N) is 3. The van der Waals surface area contributed by atoms with Gasteiger partial charge < -0.3 is 19.9 Å². The summed E-state index contributed by atoms with van der Waals surface area (Å²) >= 11 is 0. The largest absolute Gasteiger partial charge is 0.481 e. The zero-order chi connectivity index (χ0) is 14.7. The third-order valence-electron chi connectivity index (χ3n) is 2.95. The Bertz CT molecular complexity index is 520. The third kappa shape index (κ3) is 3.16. The maximum absolute atomic E-state index is 10.5. The van der Waals surface area contributed by atoms with Gasteiger partial charge in [0.1, 0.15) is 6.73 Å². The van der Waals surface area contributed by atoms with Gasteiger partial charge in [-0.05, 0) is 12.1 Å². The number of hydrogen-bond acceptors (Lipinski definition) is 8. The average Bonchev–Trinajstić information content (AvgIpc) is 2.93. The van der Waals surface area contributed by atoms with Crippen LogP contribution in [0, 0.1) is 0 Å². The average molecular weight is 297 g/mol. The van der Waals surface area contributed by atoms with Crippen molar-refractivity contribution in [2.75, 3.05) is 18.6 Å². The molecule has 2 aliphatic rings. The first-order chi connectivity index (χ1) is 10.2. The van der Waals surface area contributed by atoms with Gasteiger partial charge in [0.15, 0.2) is 11.5 Å². The van der Waals surface area contributed by atoms with Crippen LogP contribution in [0.2, 0.25) is 0 Å². The summed E-state index contributed by atoms with van der Waals surface area (Å²) < 4.78 is 11.4. The van der Waals surface area contributed by atoms with Crippen molar-refractivity contribution in [3.8, 4) is 11.5 Å². The molecule has 114 valence electrons. The van der Waals surface area contributed by atoms with E-state index in [4.69, 9.17) is 24.3 Å². The van der Waals surface area contributed by atoms with Crippen LogP contribution in [0.3, 0.4) is 0 Å². The molecule has 21 heavy (non-hydrogen) atoms. The summed E-state index contributed by atoms with van der Waals surface area (Å²) in [6.07, 6.45) is -1.18. The van der Waals surface area contributed by atoms with E-state index >= 15 is 0 Å². The SMILES string of the molecule is O=C(O)CCNc1cccc2c1OC(C1NCONO1)O2. The van der Waals surface area contributed by atoms with E-state index in [1.165, 1.54) is 0 Å². The summed E-state index contributed by atoms with van der Waals surface area (Å²) in [5.74, 6) is 0.234. The molecule has 2 atom stereocenters. The Morgan fingerprint density at radius 1 is 1.43 bits per heavy atom. The number of ether oxygens (including phenoxy) is 2. The molecule has 2 heterocycles. The quantitative estimate of drug-likeness (QED) is 0.597. The fourth-order valence-electron chi connectivity index (χ4n) is 2.00. The minimum Gasteiger partial charge on any atom is -0.481 e. The number of carboxylic acid groups (broad SMARTS) is 1. The van der Waals surface area contributed by atoms with Crippen molar-refractivity contribution in [2.24, 2.45) is 0 Å². The molecule has 1 aromatic carbocycles. The van der Waals surface area contributed by atoms with E-state index in [2.05, 4.69) is 16.3 Å². The lowest BCUT2D eigenvalue weighted by atomic mass is 10.2. The van der Waals surface area contributed by atoms with Crippen molar-refractivity contribution < 1.29 is 29.0 Å². The molecule has 9 heteroatoms. The van der Waals surface area contributed by atoms with Crippen LogP contribution in [0.5, 0.6) is 11.5 Å². The van der Waals surface area contributed by atoms with Crippen LogP contribution in [0.1, 0.15) is 6.42 Å². The Morgan fingerprint density at radius 3 is 3.10 bits per heavy atom. The minimum atomic E-state index is -0.865. The molecule has 0 amide bonds. The van der Waals surface area contributed by atoms with Gasteiger partial charge in [0.2, 0.25) is 6.23 Å². The Morgan fingerprint density at radius 2 is 2.33 bits per heavy atom. The number of benzene rings is 1. The van der Waals surface area contributed by atoms with Gasteiger partial charge in [0.05, 0.1) is 12.1 Å². The highest BCUT2D eigenvalue weighted by Crippen LogP contribution is 2.41. The van der Waals surface area contributed by atoms with Gasteiger partial charge in [-0.3, -0.25) is 14.9 Å². The number of aliphatic carboxylic acids is 1. The topological polar surface area (TPSA) is 110 Å². The predicted molar refractivity (Wildman–Crippen MR) is 69.3 cm³/mol. The lowest BCUT2D eigenvalue weighted by Crippen LogP contribution is -2.53. The molecule has 0 aromatic heterocycles. The number of para-hydroxylation sites is 1. The van der Waals surface area contributed by atoms with Crippen molar-refractivity contribution in [1.29, 1.82) is 0 Å². The number of rotatable bonds is 5. The van der Waals surface area contributed by atoms with Crippen molar-refractivity contribution >= 4 is 11.7 Å². The minimum absolute atomic E-state index is 0.0164. The Balaban J connectivity index is 1.65. The van der Waals surface area contributed by atoms with E-state index in [9.17, 15) is 4.79 Å². The highest BCUT2D eigenvalue weighted by molar-refractivity contribution is 5.69. The summed E-state index contributed by atoms with van der Waals surface area (Å²) in [5.41, 5.74) is 2.97. The van der Waals surface area contributed by atoms with Crippen LogP contribution in [0.15, 0.2) is 18.2 Å². The zero-order valence-corrected chi connectivity index (χ0v) is 11.0. The maximum Gasteiger partial charge on any atom is 0.305 e. The van der Waals surface area contributed by atoms with Crippen LogP contribution in [-0.2, 0) is 14.5 Å². The molecule has 1 aromatic rings. The van der Waals surface area contributed by atoms with E-state index in [-0.39, 0.29) is 13.2 Å². The van der Waals surface area contributed by atoms with Crippen LogP contribution in [-0.4, -0.2) is 36.9 Å². The van der Waals surface area contributed by atoms with E-state index in [0.717, 1.165) is 0 Å². The van der Waals surface area contributed by atoms with E-state index in [1.54, 1.807) is 18.2 Å². The molecule has 2 unspecified atom stereocenters. The fraction of sp³-hybridized carbons (Fsp3) is 0.417. The first-order valence-electron chi connectivity index (χ1n) is 6.42. The van der Waals surface area contributed by atoms with Gasteiger partial charge in [-0.1, -0.05) is 11.7 Å². The summed E-state index contributed by atoms with van der Waals surface area (Å²) in [5, 5.41) is 14.6. The van der Waals surface area contributed by atoms with Gasteiger partial charge in [-0.25, -0.2) is 4.84 Å². The fourth-order valence-corrected chi connectivity index (χ4v) is 2.00. The van der Waals surface area contributed by atoms with Crippen molar-refractivity contribution in [1.82, 2.24) is 11.0 Å². The number of anilines is 1. The second-order valence-electron chi connectivity index (χ2n) is 4.42. The monoisotopic (exact) mass is 297 g/mol. The van der Waals surface area contributed by atoms with Crippen molar-refractivity contribution in [3.05, 3.63) is 18.2 Å². The maximum atomic E-state index is 10.5. The zero-order valence-electron chi connectivity index (χ0n) is 11.0. The van der Waals surface area contributed by atoms with Crippen molar-refractivity contribution in [3.63, 3.8) is 0 Å². The molecule has 9 nitrogen and oxygen atoms in total. The van der Waals surface area contributed by atoms with Crippen LogP contribution >= 0.6 is 0 Å². The van der Waals surface area contributed by atoms with Gasteiger partial charge in [-0.2, -0.15) is 0 Å². The molecule has 4 N–H and O–H groups in total. The van der Waals surface area contributed by atoms with Gasteiger partial charge in [0.25, 0.3) is 6.29 Å². The van der Waals surface area contributed by atoms with E-state index in [0.29, 0.717) is 23.7 Å². The summed E-state index contributed by atoms with van der Waals surface area (Å²) in [7, 11) is 0. The lowest BCUT2D eigenvalue weighted by molar-refractivity contribution is -0.284. The molecule has 0 spiro atoms. The Kier molecular flexibility index (Phi) is 4.06. The second-order valence-corrected chi connectivity index (χ2v) is 4.42. The highest BCUT2D eigenvalue weighted by atomic mass is 16.9. The molecule has 1 saturated heterocycles. The first-order valence-corrected chi connectivity index (χ1v) is 6.42. The van der Waals surface area contributed by atoms with Crippen LogP contribution < -0.4 is 25.8 Å². The van der Waals surface area contributed by atoms with E-state index < -0.39 is 18.5 Å². The molecule has 2 aliphatic heterocycles. The molecule has 0 bridgehead atoms. The smallest absolute Gasteiger partial charge is 0.305 e. The lowest BCUT2D eigenvalue weighted by Gasteiger charge is -2.26. The predicted octanol–water partition coefficient (Wildman–Crippen LogP) is 0.0101. The molecular weight excluding hydrogens is 282 g/mol. The van der Waals surface area contributed by atoms with Crippen LogP contribution in [0.25, 0.3) is 0 Å². The standard InChI is InChI=1S/C12H15N3O6/c16-9(17)4-5-13-7-2-1-3-8-10(7)20-12(19-8)11-14-6-18-15-21-11/h1-3,11-15H,4-6H2,(H,16,17). The third-order valence-corrected chi connectivity index (χ3v) is 2.95. The number of carbonyl (C=O) groups is 1. The van der Waals surface area contributed by atoms with Gasteiger partial charge in [-0.15, -0.1) is 0 Å². The van der Waals surface area contributed by atoms with Gasteiger partial charge >= 0.3 is 5.97 Å². The summed E-state index contributed by atoms with van der Waals surface area (Å²) in [6.45, 7) is 0.557. The van der Waals surface area contributed by atoms with Gasteiger partial charge in [0, 0.05) is 6.54 Å². The van der Waals surface area contributed by atoms with Crippen LogP contribution in [0.4, 0.5) is 5.69 Å². The number of fused-ring (bicyclic) bond motifs is 1.